The van der Waals surface area contributed by atoms with Crippen molar-refractivity contribution >= 4 is 11.6 Å². The summed E-state index contributed by atoms with van der Waals surface area (Å²) in [5.41, 5.74) is 7.40. The first-order valence-electron chi connectivity index (χ1n) is 6.63. The minimum absolute atomic E-state index is 0.0570. The number of rotatable bonds is 4. The van der Waals surface area contributed by atoms with Gasteiger partial charge in [0.2, 0.25) is 0 Å². The van der Waals surface area contributed by atoms with Crippen molar-refractivity contribution in [1.82, 2.24) is 5.06 Å². The summed E-state index contributed by atoms with van der Waals surface area (Å²) in [6, 6.07) is 8.06. The van der Waals surface area contributed by atoms with Gasteiger partial charge in [-0.05, 0) is 37.0 Å². The van der Waals surface area contributed by atoms with Crippen molar-refractivity contribution in [3.8, 4) is 0 Å². The van der Waals surface area contributed by atoms with Crippen molar-refractivity contribution in [2.24, 2.45) is 5.73 Å². The largest absolute Gasteiger partial charge is 0.326 e. The van der Waals surface area contributed by atoms with Gasteiger partial charge in [0.15, 0.2) is 0 Å². The van der Waals surface area contributed by atoms with Crippen LogP contribution in [0.5, 0.6) is 0 Å². The Morgan fingerprint density at radius 1 is 1.44 bits per heavy atom. The van der Waals surface area contributed by atoms with Crippen LogP contribution in [0.3, 0.4) is 0 Å². The zero-order valence-electron chi connectivity index (χ0n) is 10.8. The first kappa shape index (κ1) is 13.8. The fourth-order valence-electron chi connectivity index (χ4n) is 2.38. The lowest BCUT2D eigenvalue weighted by Crippen LogP contribution is -2.43. The van der Waals surface area contributed by atoms with E-state index in [-0.39, 0.29) is 12.1 Å². The molecule has 1 aliphatic heterocycles. The molecule has 18 heavy (non-hydrogen) atoms. The third-order valence-corrected chi connectivity index (χ3v) is 3.64. The SMILES string of the molecule is CCC(N)C(c1cccc(Cl)c1)N1CCCCO1. The highest BCUT2D eigenvalue weighted by atomic mass is 35.5. The fraction of sp³-hybridized carbons (Fsp3) is 0.571. The predicted molar refractivity (Wildman–Crippen MR) is 74.4 cm³/mol. The van der Waals surface area contributed by atoms with E-state index in [1.165, 1.54) is 0 Å². The summed E-state index contributed by atoms with van der Waals surface area (Å²) in [6.07, 6.45) is 3.20. The first-order chi connectivity index (χ1) is 8.72. The van der Waals surface area contributed by atoms with Crippen LogP contribution < -0.4 is 5.73 Å². The molecule has 1 fully saturated rings. The molecule has 1 heterocycles. The summed E-state index contributed by atoms with van der Waals surface area (Å²) in [6.45, 7) is 3.82. The quantitative estimate of drug-likeness (QED) is 0.912. The molecule has 2 rings (SSSR count). The van der Waals surface area contributed by atoms with Crippen molar-refractivity contribution in [1.29, 1.82) is 0 Å². The highest BCUT2D eigenvalue weighted by Crippen LogP contribution is 2.29. The molecule has 1 aromatic rings. The van der Waals surface area contributed by atoms with Crippen molar-refractivity contribution in [3.05, 3.63) is 34.9 Å². The van der Waals surface area contributed by atoms with Gasteiger partial charge in [0.1, 0.15) is 0 Å². The number of hydrogen-bond donors (Lipinski definition) is 1. The maximum atomic E-state index is 6.27. The predicted octanol–water partition coefficient (Wildman–Crippen LogP) is 3.15. The van der Waals surface area contributed by atoms with Crippen LogP contribution >= 0.6 is 11.6 Å². The zero-order chi connectivity index (χ0) is 13.0. The molecule has 0 aromatic heterocycles. The lowest BCUT2D eigenvalue weighted by molar-refractivity contribution is -0.212. The number of halogens is 1. The van der Waals surface area contributed by atoms with E-state index in [0.29, 0.717) is 0 Å². The molecule has 2 unspecified atom stereocenters. The monoisotopic (exact) mass is 268 g/mol. The van der Waals surface area contributed by atoms with Gasteiger partial charge in [-0.15, -0.1) is 0 Å². The average molecular weight is 269 g/mol. The molecule has 4 heteroatoms. The van der Waals surface area contributed by atoms with Crippen LogP contribution in [0.15, 0.2) is 24.3 Å². The summed E-state index contributed by atoms with van der Waals surface area (Å²) < 4.78 is 0. The molecule has 1 saturated heterocycles. The number of nitrogens with two attached hydrogens (primary N) is 1. The Morgan fingerprint density at radius 3 is 2.89 bits per heavy atom. The molecule has 1 aromatic carbocycles. The van der Waals surface area contributed by atoms with E-state index < -0.39 is 0 Å². The minimum atomic E-state index is 0.0570. The Morgan fingerprint density at radius 2 is 2.28 bits per heavy atom. The van der Waals surface area contributed by atoms with E-state index in [2.05, 4.69) is 13.0 Å². The van der Waals surface area contributed by atoms with Crippen LogP contribution in [0.1, 0.15) is 37.8 Å². The summed E-state index contributed by atoms with van der Waals surface area (Å²) in [4.78, 5) is 5.77. The van der Waals surface area contributed by atoms with Gasteiger partial charge in [-0.3, -0.25) is 4.84 Å². The zero-order valence-corrected chi connectivity index (χ0v) is 11.6. The van der Waals surface area contributed by atoms with Gasteiger partial charge in [0, 0.05) is 17.6 Å². The summed E-state index contributed by atoms with van der Waals surface area (Å²) >= 11 is 6.08. The maximum Gasteiger partial charge on any atom is 0.0753 e. The molecule has 0 saturated carbocycles. The van der Waals surface area contributed by atoms with Crippen LogP contribution in [0.25, 0.3) is 0 Å². The second-order valence-corrected chi connectivity index (χ2v) is 5.19. The number of nitrogens with zero attached hydrogens (tertiary/aromatic N) is 1. The standard InChI is InChI=1S/C14H21ClN2O/c1-2-13(16)14(17-8-3-4-9-18-17)11-6-5-7-12(15)10-11/h5-7,10,13-14H,2-4,8-9,16H2,1H3. The average Bonchev–Trinajstić information content (AvgIpc) is 2.40. The Bertz CT molecular complexity index is 380. The molecule has 0 radical (unpaired) electrons. The second kappa shape index (κ2) is 6.53. The van der Waals surface area contributed by atoms with Crippen LogP contribution in [0, 0.1) is 0 Å². The summed E-state index contributed by atoms with van der Waals surface area (Å²) in [7, 11) is 0. The second-order valence-electron chi connectivity index (χ2n) is 4.75. The van der Waals surface area contributed by atoms with E-state index in [0.717, 1.165) is 43.0 Å². The molecule has 1 aliphatic rings. The normalized spacial score (nSPS) is 20.6. The maximum absolute atomic E-state index is 6.27. The van der Waals surface area contributed by atoms with Crippen molar-refractivity contribution < 1.29 is 4.84 Å². The molecule has 0 aliphatic carbocycles. The highest BCUT2D eigenvalue weighted by molar-refractivity contribution is 6.30. The third kappa shape index (κ3) is 3.23. The minimum Gasteiger partial charge on any atom is -0.326 e. The van der Waals surface area contributed by atoms with Gasteiger partial charge in [-0.2, -0.15) is 5.06 Å². The van der Waals surface area contributed by atoms with E-state index >= 15 is 0 Å². The van der Waals surface area contributed by atoms with Crippen molar-refractivity contribution in [2.45, 2.75) is 38.3 Å². The molecule has 2 N–H and O–H groups in total. The molecule has 0 amide bonds. The van der Waals surface area contributed by atoms with Gasteiger partial charge in [0.25, 0.3) is 0 Å². The van der Waals surface area contributed by atoms with Crippen LogP contribution in [-0.2, 0) is 4.84 Å². The van der Waals surface area contributed by atoms with Crippen LogP contribution in [-0.4, -0.2) is 24.3 Å². The first-order valence-corrected chi connectivity index (χ1v) is 7.00. The molecule has 0 spiro atoms. The molecule has 0 bridgehead atoms. The topological polar surface area (TPSA) is 38.5 Å². The van der Waals surface area contributed by atoms with Crippen molar-refractivity contribution in [2.75, 3.05) is 13.2 Å². The molecular formula is C14H21ClN2O. The van der Waals surface area contributed by atoms with E-state index in [1.54, 1.807) is 0 Å². The Hall–Kier alpha value is -0.610. The molecule has 3 nitrogen and oxygen atoms in total. The van der Waals surface area contributed by atoms with Gasteiger partial charge in [-0.1, -0.05) is 30.7 Å². The lowest BCUT2D eigenvalue weighted by Gasteiger charge is -2.37. The van der Waals surface area contributed by atoms with Crippen LogP contribution in [0.4, 0.5) is 0 Å². The van der Waals surface area contributed by atoms with Crippen LogP contribution in [0.2, 0.25) is 5.02 Å². The smallest absolute Gasteiger partial charge is 0.0753 e. The Kier molecular flexibility index (Phi) is 5.01. The third-order valence-electron chi connectivity index (χ3n) is 3.41. The number of benzene rings is 1. The molecule has 2 atom stereocenters. The number of hydrogen-bond acceptors (Lipinski definition) is 3. The number of hydroxylamine groups is 2. The van der Waals surface area contributed by atoms with E-state index in [1.807, 2.05) is 23.3 Å². The van der Waals surface area contributed by atoms with Crippen molar-refractivity contribution in [3.63, 3.8) is 0 Å². The Balaban J connectivity index is 2.23. The molecule has 100 valence electrons. The molecular weight excluding hydrogens is 248 g/mol. The van der Waals surface area contributed by atoms with E-state index in [4.69, 9.17) is 22.2 Å². The van der Waals surface area contributed by atoms with Gasteiger partial charge in [0.05, 0.1) is 12.6 Å². The summed E-state index contributed by atoms with van der Waals surface area (Å²) in [5.74, 6) is 0. The summed E-state index contributed by atoms with van der Waals surface area (Å²) in [5, 5.41) is 2.78. The van der Waals surface area contributed by atoms with Gasteiger partial charge in [-0.25, -0.2) is 0 Å². The lowest BCUT2D eigenvalue weighted by atomic mass is 9.97. The fourth-order valence-corrected chi connectivity index (χ4v) is 2.58. The van der Waals surface area contributed by atoms with Gasteiger partial charge >= 0.3 is 0 Å². The van der Waals surface area contributed by atoms with E-state index in [9.17, 15) is 0 Å². The highest BCUT2D eigenvalue weighted by Gasteiger charge is 2.28. The Labute approximate surface area is 114 Å². The van der Waals surface area contributed by atoms with Gasteiger partial charge < -0.3 is 5.73 Å².